The van der Waals surface area contributed by atoms with Crippen molar-refractivity contribution in [3.05, 3.63) is 66.0 Å². The van der Waals surface area contributed by atoms with E-state index in [9.17, 15) is 9.18 Å². The van der Waals surface area contributed by atoms with Crippen molar-refractivity contribution in [2.45, 2.75) is 4.34 Å². The van der Waals surface area contributed by atoms with Crippen LogP contribution in [0.4, 0.5) is 4.39 Å². The molecule has 25 heavy (non-hydrogen) atoms. The summed E-state index contributed by atoms with van der Waals surface area (Å²) in [4.78, 5) is 11.8. The molecule has 0 aliphatic heterocycles. The molecule has 0 radical (unpaired) electrons. The van der Waals surface area contributed by atoms with Crippen LogP contribution in [0, 0.1) is 5.82 Å². The van der Waals surface area contributed by atoms with E-state index in [1.807, 2.05) is 30.3 Å². The molecule has 1 aromatic heterocycles. The maximum Gasteiger partial charge on any atom is 0.250 e. The summed E-state index contributed by atoms with van der Waals surface area (Å²) in [5, 5.41) is 12.8. The molecule has 126 valence electrons. The van der Waals surface area contributed by atoms with E-state index in [0.717, 1.165) is 10.6 Å². The Morgan fingerprint density at radius 3 is 2.72 bits per heavy atom. The summed E-state index contributed by atoms with van der Waals surface area (Å²) in [5.41, 5.74) is 3.67. The average Bonchev–Trinajstić information content (AvgIpc) is 3.11. The van der Waals surface area contributed by atoms with E-state index < -0.39 is 5.82 Å². The standard InChI is InChI=1S/C17H13FN4OS2/c18-14-9-5-4-8-13(14)10-19-20-15(23)11-24-17-22-21-16(25-17)12-6-2-1-3-7-12/h1-10H,11H2,(H,20,23). The molecule has 0 aliphatic carbocycles. The highest BCUT2D eigenvalue weighted by Crippen LogP contribution is 2.28. The van der Waals surface area contributed by atoms with Crippen molar-refractivity contribution < 1.29 is 9.18 Å². The molecule has 0 fully saturated rings. The van der Waals surface area contributed by atoms with Gasteiger partial charge in [-0.2, -0.15) is 5.10 Å². The Hall–Kier alpha value is -2.58. The van der Waals surface area contributed by atoms with Crippen LogP contribution in [0.3, 0.4) is 0 Å². The van der Waals surface area contributed by atoms with Crippen LogP contribution in [0.1, 0.15) is 5.56 Å². The first-order valence-electron chi connectivity index (χ1n) is 7.30. The Kier molecular flexibility index (Phi) is 5.86. The predicted molar refractivity (Wildman–Crippen MR) is 98.2 cm³/mol. The summed E-state index contributed by atoms with van der Waals surface area (Å²) >= 11 is 2.70. The molecule has 1 N–H and O–H groups in total. The van der Waals surface area contributed by atoms with E-state index >= 15 is 0 Å². The third-order valence-corrected chi connectivity index (χ3v) is 5.16. The highest BCUT2D eigenvalue weighted by molar-refractivity contribution is 8.01. The molecule has 0 spiro atoms. The Balaban J connectivity index is 1.50. The summed E-state index contributed by atoms with van der Waals surface area (Å²) in [7, 11) is 0. The molecule has 3 aromatic rings. The number of nitrogens with zero attached hydrogens (tertiary/aromatic N) is 3. The molecular formula is C17H13FN4OS2. The predicted octanol–water partition coefficient (Wildman–Crippen LogP) is 3.59. The number of hydrogen-bond acceptors (Lipinski definition) is 6. The number of hydrogen-bond donors (Lipinski definition) is 1. The summed E-state index contributed by atoms with van der Waals surface area (Å²) in [6, 6.07) is 15.9. The minimum Gasteiger partial charge on any atom is -0.272 e. The SMILES string of the molecule is O=C(CSc1nnc(-c2ccccc2)s1)NN=Cc1ccccc1F. The van der Waals surface area contributed by atoms with E-state index in [2.05, 4.69) is 20.7 Å². The van der Waals surface area contributed by atoms with Crippen LogP contribution in [-0.2, 0) is 4.79 Å². The normalized spacial score (nSPS) is 10.9. The lowest BCUT2D eigenvalue weighted by Crippen LogP contribution is -2.19. The number of nitrogens with one attached hydrogen (secondary N) is 1. The van der Waals surface area contributed by atoms with Gasteiger partial charge >= 0.3 is 0 Å². The Bertz CT molecular complexity index is 883. The number of hydrazone groups is 1. The summed E-state index contributed by atoms with van der Waals surface area (Å²) in [5.74, 6) is -0.538. The van der Waals surface area contributed by atoms with Gasteiger partial charge in [-0.1, -0.05) is 71.6 Å². The van der Waals surface area contributed by atoms with E-state index in [1.54, 1.807) is 18.2 Å². The Morgan fingerprint density at radius 2 is 1.92 bits per heavy atom. The molecule has 3 rings (SSSR count). The van der Waals surface area contributed by atoms with Gasteiger partial charge in [0.25, 0.3) is 5.91 Å². The third-order valence-electron chi connectivity index (χ3n) is 3.05. The number of thioether (sulfide) groups is 1. The Labute approximate surface area is 152 Å². The quantitative estimate of drug-likeness (QED) is 0.408. The fourth-order valence-corrected chi connectivity index (χ4v) is 3.53. The molecule has 2 aromatic carbocycles. The third kappa shape index (κ3) is 4.94. The van der Waals surface area contributed by atoms with Gasteiger partial charge in [0.2, 0.25) is 0 Å². The van der Waals surface area contributed by atoms with Crippen LogP contribution in [0.2, 0.25) is 0 Å². The fourth-order valence-electron chi connectivity index (χ4n) is 1.88. The highest BCUT2D eigenvalue weighted by Gasteiger charge is 2.09. The van der Waals surface area contributed by atoms with Crippen molar-refractivity contribution in [2.24, 2.45) is 5.10 Å². The van der Waals surface area contributed by atoms with Gasteiger partial charge in [0, 0.05) is 11.1 Å². The molecule has 0 saturated heterocycles. The molecule has 0 bridgehead atoms. The van der Waals surface area contributed by atoms with Crippen molar-refractivity contribution in [3.63, 3.8) is 0 Å². The first kappa shape index (κ1) is 17.2. The highest BCUT2D eigenvalue weighted by atomic mass is 32.2. The number of aromatic nitrogens is 2. The minimum absolute atomic E-state index is 0.151. The van der Waals surface area contributed by atoms with Crippen molar-refractivity contribution in [1.29, 1.82) is 0 Å². The second kappa shape index (κ2) is 8.50. The largest absolute Gasteiger partial charge is 0.272 e. The van der Waals surface area contributed by atoms with Gasteiger partial charge in [0.15, 0.2) is 4.34 Å². The molecular weight excluding hydrogens is 359 g/mol. The Morgan fingerprint density at radius 1 is 1.16 bits per heavy atom. The zero-order valence-corrected chi connectivity index (χ0v) is 14.6. The lowest BCUT2D eigenvalue weighted by molar-refractivity contribution is -0.118. The zero-order chi connectivity index (χ0) is 17.5. The molecule has 0 aliphatic rings. The van der Waals surface area contributed by atoms with Gasteiger partial charge in [0.05, 0.1) is 12.0 Å². The van der Waals surface area contributed by atoms with Gasteiger partial charge in [-0.05, 0) is 6.07 Å². The molecule has 1 heterocycles. The molecule has 5 nitrogen and oxygen atoms in total. The number of carbonyl (C=O) groups is 1. The summed E-state index contributed by atoms with van der Waals surface area (Å²) < 4.78 is 14.1. The first-order chi connectivity index (χ1) is 12.2. The molecule has 0 atom stereocenters. The first-order valence-corrected chi connectivity index (χ1v) is 9.11. The lowest BCUT2D eigenvalue weighted by Gasteiger charge is -1.98. The van der Waals surface area contributed by atoms with Crippen LogP contribution in [0.25, 0.3) is 10.6 Å². The van der Waals surface area contributed by atoms with E-state index in [0.29, 0.717) is 9.90 Å². The van der Waals surface area contributed by atoms with E-state index in [4.69, 9.17) is 0 Å². The van der Waals surface area contributed by atoms with E-state index in [-0.39, 0.29) is 11.7 Å². The van der Waals surface area contributed by atoms with Gasteiger partial charge < -0.3 is 0 Å². The van der Waals surface area contributed by atoms with Gasteiger partial charge in [-0.25, -0.2) is 9.82 Å². The molecule has 8 heteroatoms. The molecule has 0 unspecified atom stereocenters. The van der Waals surface area contributed by atoms with Crippen LogP contribution in [0.5, 0.6) is 0 Å². The second-order valence-electron chi connectivity index (χ2n) is 4.84. The fraction of sp³-hybridized carbons (Fsp3) is 0.0588. The summed E-state index contributed by atoms with van der Waals surface area (Å²) in [6.45, 7) is 0. The van der Waals surface area contributed by atoms with Gasteiger partial charge in [-0.15, -0.1) is 10.2 Å². The number of benzene rings is 2. The van der Waals surface area contributed by atoms with Crippen molar-refractivity contribution in [1.82, 2.24) is 15.6 Å². The number of amides is 1. The number of carbonyl (C=O) groups excluding carboxylic acids is 1. The maximum absolute atomic E-state index is 13.4. The smallest absolute Gasteiger partial charge is 0.250 e. The monoisotopic (exact) mass is 372 g/mol. The lowest BCUT2D eigenvalue weighted by atomic mass is 10.2. The van der Waals surface area contributed by atoms with Crippen molar-refractivity contribution in [2.75, 3.05) is 5.75 Å². The summed E-state index contributed by atoms with van der Waals surface area (Å²) in [6.07, 6.45) is 1.27. The number of halogens is 1. The average molecular weight is 372 g/mol. The molecule has 1 amide bonds. The molecule has 0 saturated carbocycles. The minimum atomic E-state index is -0.392. The van der Waals surface area contributed by atoms with Gasteiger partial charge in [-0.3, -0.25) is 4.79 Å². The zero-order valence-electron chi connectivity index (χ0n) is 12.9. The van der Waals surface area contributed by atoms with Crippen LogP contribution in [-0.4, -0.2) is 28.1 Å². The van der Waals surface area contributed by atoms with Crippen molar-refractivity contribution >= 4 is 35.2 Å². The second-order valence-corrected chi connectivity index (χ2v) is 7.04. The number of rotatable bonds is 6. The van der Waals surface area contributed by atoms with Crippen LogP contribution in [0.15, 0.2) is 64.0 Å². The van der Waals surface area contributed by atoms with Gasteiger partial charge in [0.1, 0.15) is 10.8 Å². The van der Waals surface area contributed by atoms with E-state index in [1.165, 1.54) is 35.4 Å². The topological polar surface area (TPSA) is 67.2 Å². The van der Waals surface area contributed by atoms with Crippen LogP contribution < -0.4 is 5.43 Å². The van der Waals surface area contributed by atoms with Crippen molar-refractivity contribution in [3.8, 4) is 10.6 Å². The van der Waals surface area contributed by atoms with Crippen LogP contribution >= 0.6 is 23.1 Å². The maximum atomic E-state index is 13.4.